The second-order valence-electron chi connectivity index (χ2n) is 8.94. The predicted octanol–water partition coefficient (Wildman–Crippen LogP) is 8.54. The molecule has 172 valence electrons. The fourth-order valence-electron chi connectivity index (χ4n) is 4.79. The second kappa shape index (κ2) is 8.79. The van der Waals surface area contributed by atoms with Gasteiger partial charge in [0.25, 0.3) is 0 Å². The maximum Gasteiger partial charge on any atom is 0.136 e. The smallest absolute Gasteiger partial charge is 0.136 e. The van der Waals surface area contributed by atoms with E-state index in [1.165, 1.54) is 5.56 Å². The van der Waals surface area contributed by atoms with Crippen molar-refractivity contribution in [3.63, 3.8) is 0 Å². The molecule has 3 nitrogen and oxygen atoms in total. The number of fused-ring (bicyclic) bond motifs is 3. The highest BCUT2D eigenvalue weighted by Gasteiger charge is 2.20. The second-order valence-corrected chi connectivity index (χ2v) is 8.94. The van der Waals surface area contributed by atoms with E-state index in [4.69, 9.17) is 14.8 Å². The average molecular weight is 465 g/mol. The fourth-order valence-corrected chi connectivity index (χ4v) is 4.79. The summed E-state index contributed by atoms with van der Waals surface area (Å²) in [4.78, 5) is 4.72. The van der Waals surface area contributed by atoms with Crippen LogP contribution in [0.2, 0.25) is 0 Å². The standard InChI is InChI=1S/C33H24N2O/c1-3-8-28-33(34)26(20-29(35-28)24-9-5-4-6-10-24)23-16-14-22(15-17-23)25-11-7-12-31-32(25)27-19-21(2)13-18-30(27)36-31/h3-20,34H,1H2,2H3/b28-8+,34-33?. The van der Waals surface area contributed by atoms with E-state index in [0.29, 0.717) is 11.4 Å². The fraction of sp³-hybridized carbons (Fsp3) is 0.0303. The molecule has 36 heavy (non-hydrogen) atoms. The monoisotopic (exact) mass is 464 g/mol. The van der Waals surface area contributed by atoms with E-state index in [1.807, 2.05) is 54.6 Å². The quantitative estimate of drug-likeness (QED) is 0.285. The van der Waals surface area contributed by atoms with Gasteiger partial charge in [0.05, 0.1) is 17.1 Å². The Kier molecular flexibility index (Phi) is 5.31. The molecule has 0 amide bonds. The Morgan fingerprint density at radius 3 is 2.36 bits per heavy atom. The highest BCUT2D eigenvalue weighted by Crippen LogP contribution is 2.37. The first kappa shape index (κ1) is 21.8. The normalized spacial score (nSPS) is 14.8. The van der Waals surface area contributed by atoms with Crippen LogP contribution >= 0.6 is 0 Å². The molecule has 5 aromatic rings. The third-order valence-corrected chi connectivity index (χ3v) is 6.55. The SMILES string of the molecule is C=C/C=C1/N=C(c2ccccc2)C=C(c2ccc(-c3cccc4oc5ccc(C)cc5c34)cc2)C1=N. The lowest BCUT2D eigenvalue weighted by molar-refractivity contribution is 0.669. The van der Waals surface area contributed by atoms with Crippen molar-refractivity contribution in [2.24, 2.45) is 4.99 Å². The Balaban J connectivity index is 1.45. The average Bonchev–Trinajstić information content (AvgIpc) is 3.28. The number of nitrogens with zero attached hydrogens (tertiary/aromatic N) is 1. The van der Waals surface area contributed by atoms with Crippen LogP contribution in [0.15, 0.2) is 131 Å². The first-order chi connectivity index (χ1) is 17.6. The summed E-state index contributed by atoms with van der Waals surface area (Å²) in [6, 6.07) is 31.0. The van der Waals surface area contributed by atoms with Crippen LogP contribution < -0.4 is 0 Å². The molecule has 0 aliphatic carbocycles. The third kappa shape index (κ3) is 3.71. The predicted molar refractivity (Wildman–Crippen MR) is 151 cm³/mol. The van der Waals surface area contributed by atoms with Crippen LogP contribution in [0.25, 0.3) is 38.6 Å². The van der Waals surface area contributed by atoms with Crippen LogP contribution in [-0.2, 0) is 0 Å². The van der Waals surface area contributed by atoms with Gasteiger partial charge < -0.3 is 4.42 Å². The van der Waals surface area contributed by atoms with Gasteiger partial charge in [0.15, 0.2) is 0 Å². The Morgan fingerprint density at radius 2 is 1.58 bits per heavy atom. The van der Waals surface area contributed by atoms with Crippen LogP contribution in [0.4, 0.5) is 0 Å². The molecule has 0 saturated heterocycles. The number of nitrogens with one attached hydrogen (secondary N) is 1. The van der Waals surface area contributed by atoms with Crippen molar-refractivity contribution in [1.82, 2.24) is 0 Å². The van der Waals surface area contributed by atoms with Gasteiger partial charge in [0, 0.05) is 21.9 Å². The highest BCUT2D eigenvalue weighted by atomic mass is 16.3. The number of aryl methyl sites for hydroxylation is 1. The van der Waals surface area contributed by atoms with Crippen molar-refractivity contribution in [3.05, 3.63) is 138 Å². The minimum atomic E-state index is 0.390. The topological polar surface area (TPSA) is 49.4 Å². The zero-order valence-corrected chi connectivity index (χ0v) is 20.0. The third-order valence-electron chi connectivity index (χ3n) is 6.55. The lowest BCUT2D eigenvalue weighted by atomic mass is 9.91. The number of hydrogen-bond donors (Lipinski definition) is 1. The summed E-state index contributed by atoms with van der Waals surface area (Å²) in [7, 11) is 0. The summed E-state index contributed by atoms with van der Waals surface area (Å²) in [6.07, 6.45) is 5.47. The van der Waals surface area contributed by atoms with Crippen molar-refractivity contribution in [2.75, 3.05) is 0 Å². The maximum absolute atomic E-state index is 8.81. The van der Waals surface area contributed by atoms with E-state index in [0.717, 1.165) is 55.5 Å². The Hall–Kier alpha value is -4.76. The van der Waals surface area contributed by atoms with Crippen molar-refractivity contribution < 1.29 is 4.42 Å². The van der Waals surface area contributed by atoms with E-state index in [-0.39, 0.29) is 0 Å². The highest BCUT2D eigenvalue weighted by molar-refractivity contribution is 6.37. The number of aliphatic imine (C=N–C) groups is 1. The summed E-state index contributed by atoms with van der Waals surface area (Å²) in [5, 5.41) is 11.1. The van der Waals surface area contributed by atoms with E-state index in [9.17, 15) is 0 Å². The summed E-state index contributed by atoms with van der Waals surface area (Å²) in [5.74, 6) is 0. The van der Waals surface area contributed by atoms with Gasteiger partial charge in [-0.2, -0.15) is 0 Å². The minimum absolute atomic E-state index is 0.390. The van der Waals surface area contributed by atoms with Crippen LogP contribution in [0, 0.1) is 12.3 Å². The van der Waals surface area contributed by atoms with E-state index in [2.05, 4.69) is 56.0 Å². The van der Waals surface area contributed by atoms with E-state index >= 15 is 0 Å². The Bertz CT molecular complexity index is 1750. The summed E-state index contributed by atoms with van der Waals surface area (Å²) < 4.78 is 6.13. The zero-order chi connectivity index (χ0) is 24.6. The molecule has 0 unspecified atom stereocenters. The molecule has 1 N–H and O–H groups in total. The molecule has 1 aliphatic heterocycles. The number of furan rings is 1. The molecule has 4 aromatic carbocycles. The molecule has 0 spiro atoms. The molecular weight excluding hydrogens is 440 g/mol. The van der Waals surface area contributed by atoms with Crippen molar-refractivity contribution >= 4 is 38.9 Å². The molecule has 0 bridgehead atoms. The molecule has 0 radical (unpaired) electrons. The Labute approximate surface area is 209 Å². The maximum atomic E-state index is 8.81. The van der Waals surface area contributed by atoms with Gasteiger partial charge in [0.2, 0.25) is 0 Å². The largest absolute Gasteiger partial charge is 0.456 e. The lowest BCUT2D eigenvalue weighted by Gasteiger charge is -2.18. The number of rotatable bonds is 4. The van der Waals surface area contributed by atoms with Crippen molar-refractivity contribution in [1.29, 1.82) is 5.41 Å². The molecule has 3 heteroatoms. The van der Waals surface area contributed by atoms with Gasteiger partial charge in [-0.3, -0.25) is 5.41 Å². The van der Waals surface area contributed by atoms with Crippen molar-refractivity contribution in [3.8, 4) is 11.1 Å². The minimum Gasteiger partial charge on any atom is -0.456 e. The molecule has 0 fully saturated rings. The van der Waals surface area contributed by atoms with E-state index in [1.54, 1.807) is 12.2 Å². The first-order valence-corrected chi connectivity index (χ1v) is 11.9. The van der Waals surface area contributed by atoms with Crippen LogP contribution in [0.1, 0.15) is 16.7 Å². The summed E-state index contributed by atoms with van der Waals surface area (Å²) >= 11 is 0. The molecule has 2 heterocycles. The van der Waals surface area contributed by atoms with Crippen LogP contribution in [0.3, 0.4) is 0 Å². The number of hydrogen-bond acceptors (Lipinski definition) is 3. The van der Waals surface area contributed by atoms with Gasteiger partial charge in [-0.15, -0.1) is 0 Å². The molecule has 1 aromatic heterocycles. The first-order valence-electron chi connectivity index (χ1n) is 11.9. The van der Waals surface area contributed by atoms with Gasteiger partial charge in [-0.05, 0) is 54.0 Å². The molecule has 0 saturated carbocycles. The summed E-state index contributed by atoms with van der Waals surface area (Å²) in [5.41, 5.74) is 9.89. The number of allylic oxidation sites excluding steroid dienone is 4. The molecule has 0 atom stereocenters. The van der Waals surface area contributed by atoms with Crippen molar-refractivity contribution in [2.45, 2.75) is 6.92 Å². The lowest BCUT2D eigenvalue weighted by Crippen LogP contribution is -2.13. The molecular formula is C33H24N2O. The number of benzene rings is 4. The molecule has 6 rings (SSSR count). The van der Waals surface area contributed by atoms with Crippen LogP contribution in [-0.4, -0.2) is 11.4 Å². The van der Waals surface area contributed by atoms with Gasteiger partial charge >= 0.3 is 0 Å². The van der Waals surface area contributed by atoms with E-state index < -0.39 is 0 Å². The Morgan fingerprint density at radius 1 is 0.806 bits per heavy atom. The van der Waals surface area contributed by atoms with Gasteiger partial charge in [-0.1, -0.05) is 91.0 Å². The van der Waals surface area contributed by atoms with Crippen LogP contribution in [0.5, 0.6) is 0 Å². The van der Waals surface area contributed by atoms with Gasteiger partial charge in [0.1, 0.15) is 11.2 Å². The number of dihydropyridines is 1. The van der Waals surface area contributed by atoms with Gasteiger partial charge in [-0.25, -0.2) is 4.99 Å². The summed E-state index contributed by atoms with van der Waals surface area (Å²) in [6.45, 7) is 5.91. The zero-order valence-electron chi connectivity index (χ0n) is 20.0. The molecule has 1 aliphatic rings.